The first-order valence-electron chi connectivity index (χ1n) is 9.42. The predicted molar refractivity (Wildman–Crippen MR) is 132 cm³/mol. The van der Waals surface area contributed by atoms with Crippen molar-refractivity contribution in [2.24, 2.45) is 4.99 Å². The first-order chi connectivity index (χ1) is 13.8. The first-order valence-corrected chi connectivity index (χ1v) is 10.9. The van der Waals surface area contributed by atoms with Gasteiger partial charge in [-0.15, -0.1) is 24.0 Å². The number of hydrogen-bond donors (Lipinski definition) is 2. The number of benzene rings is 2. The van der Waals surface area contributed by atoms with Crippen LogP contribution in [0.2, 0.25) is 0 Å². The lowest BCUT2D eigenvalue weighted by molar-refractivity contribution is 0.410. The summed E-state index contributed by atoms with van der Waals surface area (Å²) < 4.78 is 31.7. The van der Waals surface area contributed by atoms with Crippen molar-refractivity contribution in [2.45, 2.75) is 37.9 Å². The van der Waals surface area contributed by atoms with E-state index in [1.165, 1.54) is 4.31 Å². The van der Waals surface area contributed by atoms with E-state index >= 15 is 0 Å². The first kappa shape index (κ1) is 26.2. The number of hydrogen-bond acceptors (Lipinski definition) is 4. The molecule has 2 N–H and O–H groups in total. The summed E-state index contributed by atoms with van der Waals surface area (Å²) in [6.07, 6.45) is 0. The van der Waals surface area contributed by atoms with Gasteiger partial charge in [0.05, 0.1) is 12.0 Å². The maximum absolute atomic E-state index is 12.5. The number of ether oxygens (including phenoxy) is 1. The van der Waals surface area contributed by atoms with Crippen LogP contribution in [0.25, 0.3) is 0 Å². The normalized spacial score (nSPS) is 11.9. The molecule has 0 aliphatic heterocycles. The SMILES string of the molecule is CN=C(NCc1ccc(S(=O)(=O)N(C)C(C)C)cc1)NCc1cccc(OC)c1.I. The highest BCUT2D eigenvalue weighted by molar-refractivity contribution is 14.0. The van der Waals surface area contributed by atoms with Crippen molar-refractivity contribution in [1.82, 2.24) is 14.9 Å². The number of aliphatic imine (C=N–C) groups is 1. The zero-order chi connectivity index (χ0) is 21.4. The van der Waals surface area contributed by atoms with Gasteiger partial charge < -0.3 is 15.4 Å². The molecule has 166 valence electrons. The van der Waals surface area contributed by atoms with E-state index in [-0.39, 0.29) is 34.9 Å². The maximum atomic E-state index is 12.5. The molecule has 0 unspecified atom stereocenters. The lowest BCUT2D eigenvalue weighted by atomic mass is 10.2. The van der Waals surface area contributed by atoms with Crippen LogP contribution in [0, 0.1) is 0 Å². The Bertz CT molecular complexity index is 932. The molecule has 0 aliphatic carbocycles. The maximum Gasteiger partial charge on any atom is 0.243 e. The minimum absolute atomic E-state index is 0. The Kier molecular flexibility index (Phi) is 10.6. The van der Waals surface area contributed by atoms with Crippen molar-refractivity contribution in [2.75, 3.05) is 21.2 Å². The van der Waals surface area contributed by atoms with E-state index < -0.39 is 10.0 Å². The number of nitrogens with zero attached hydrogens (tertiary/aromatic N) is 2. The van der Waals surface area contributed by atoms with Crippen LogP contribution in [0.3, 0.4) is 0 Å². The molecular weight excluding hydrogens is 515 g/mol. The molecular formula is C21H31IN4O3S. The molecule has 0 amide bonds. The van der Waals surface area contributed by atoms with Gasteiger partial charge in [-0.2, -0.15) is 4.31 Å². The molecule has 0 heterocycles. The molecule has 2 rings (SSSR count). The third-order valence-electron chi connectivity index (χ3n) is 4.61. The highest BCUT2D eigenvalue weighted by Gasteiger charge is 2.22. The fourth-order valence-electron chi connectivity index (χ4n) is 2.60. The van der Waals surface area contributed by atoms with Gasteiger partial charge in [0.25, 0.3) is 0 Å². The van der Waals surface area contributed by atoms with E-state index in [0.717, 1.165) is 16.9 Å². The molecule has 0 atom stereocenters. The molecule has 0 spiro atoms. The average molecular weight is 546 g/mol. The summed E-state index contributed by atoms with van der Waals surface area (Å²) in [6.45, 7) is 4.83. The Morgan fingerprint density at radius 3 is 2.20 bits per heavy atom. The second-order valence-corrected chi connectivity index (χ2v) is 8.89. The van der Waals surface area contributed by atoms with E-state index in [1.807, 2.05) is 50.2 Å². The third kappa shape index (κ3) is 7.13. The summed E-state index contributed by atoms with van der Waals surface area (Å²) in [4.78, 5) is 4.51. The zero-order valence-corrected chi connectivity index (χ0v) is 21.2. The molecule has 0 aliphatic rings. The van der Waals surface area contributed by atoms with Crippen LogP contribution >= 0.6 is 24.0 Å². The van der Waals surface area contributed by atoms with Gasteiger partial charge in [0, 0.05) is 33.2 Å². The molecule has 0 fully saturated rings. The van der Waals surface area contributed by atoms with Crippen LogP contribution in [-0.4, -0.2) is 45.9 Å². The molecule has 0 aromatic heterocycles. The molecule has 7 nitrogen and oxygen atoms in total. The molecule has 2 aromatic rings. The minimum atomic E-state index is -3.47. The number of nitrogens with one attached hydrogen (secondary N) is 2. The molecule has 0 bridgehead atoms. The summed E-state index contributed by atoms with van der Waals surface area (Å²) in [5.74, 6) is 1.47. The fraction of sp³-hybridized carbons (Fsp3) is 0.381. The van der Waals surface area contributed by atoms with Crippen molar-refractivity contribution in [3.63, 3.8) is 0 Å². The van der Waals surface area contributed by atoms with Crippen molar-refractivity contribution >= 4 is 40.0 Å². The number of sulfonamides is 1. The van der Waals surface area contributed by atoms with Gasteiger partial charge in [-0.3, -0.25) is 4.99 Å². The lowest BCUT2D eigenvalue weighted by Crippen LogP contribution is -2.36. The van der Waals surface area contributed by atoms with Crippen LogP contribution in [-0.2, 0) is 23.1 Å². The van der Waals surface area contributed by atoms with Gasteiger partial charge in [0.2, 0.25) is 10.0 Å². The topological polar surface area (TPSA) is 83.0 Å². The molecule has 2 aromatic carbocycles. The number of rotatable bonds is 8. The van der Waals surface area contributed by atoms with E-state index in [2.05, 4.69) is 15.6 Å². The Labute approximate surface area is 197 Å². The fourth-order valence-corrected chi connectivity index (χ4v) is 3.97. The summed E-state index contributed by atoms with van der Waals surface area (Å²) in [6, 6.07) is 14.6. The minimum Gasteiger partial charge on any atom is -0.497 e. The molecule has 30 heavy (non-hydrogen) atoms. The monoisotopic (exact) mass is 546 g/mol. The highest BCUT2D eigenvalue weighted by Crippen LogP contribution is 2.17. The Hall–Kier alpha value is -1.85. The Morgan fingerprint density at radius 2 is 1.67 bits per heavy atom. The summed E-state index contributed by atoms with van der Waals surface area (Å²) in [5, 5.41) is 6.48. The number of methoxy groups -OCH3 is 1. The van der Waals surface area contributed by atoms with Gasteiger partial charge in [0.15, 0.2) is 5.96 Å². The highest BCUT2D eigenvalue weighted by atomic mass is 127. The molecule has 9 heteroatoms. The standard InChI is InChI=1S/C21H30N4O3S.HI/c1-16(2)25(4)29(26,27)20-11-9-17(10-12-20)14-23-21(22-3)24-15-18-7-6-8-19(13-18)28-5;/h6-13,16H,14-15H2,1-5H3,(H2,22,23,24);1H. The van der Waals surface area contributed by atoms with Crippen LogP contribution in [0.1, 0.15) is 25.0 Å². The molecule has 0 saturated heterocycles. The number of guanidine groups is 1. The van der Waals surface area contributed by atoms with E-state index in [0.29, 0.717) is 19.0 Å². The molecule has 0 radical (unpaired) electrons. The van der Waals surface area contributed by atoms with Gasteiger partial charge in [-0.25, -0.2) is 8.42 Å². The zero-order valence-electron chi connectivity index (χ0n) is 18.0. The van der Waals surface area contributed by atoms with E-state index in [1.54, 1.807) is 33.3 Å². The smallest absolute Gasteiger partial charge is 0.243 e. The lowest BCUT2D eigenvalue weighted by Gasteiger charge is -2.21. The average Bonchev–Trinajstić information content (AvgIpc) is 2.73. The Balaban J connectivity index is 0.00000450. The van der Waals surface area contributed by atoms with Gasteiger partial charge >= 0.3 is 0 Å². The molecule has 0 saturated carbocycles. The van der Waals surface area contributed by atoms with Gasteiger partial charge in [-0.1, -0.05) is 24.3 Å². The van der Waals surface area contributed by atoms with Crippen LogP contribution in [0.5, 0.6) is 5.75 Å². The van der Waals surface area contributed by atoms with Crippen LogP contribution < -0.4 is 15.4 Å². The van der Waals surface area contributed by atoms with Crippen molar-refractivity contribution in [3.05, 3.63) is 59.7 Å². The number of halogens is 1. The second kappa shape index (κ2) is 12.1. The quantitative estimate of drug-likeness (QED) is 0.302. The predicted octanol–water partition coefficient (Wildman–Crippen LogP) is 3.21. The summed E-state index contributed by atoms with van der Waals surface area (Å²) >= 11 is 0. The van der Waals surface area contributed by atoms with Crippen molar-refractivity contribution in [3.8, 4) is 5.75 Å². The largest absolute Gasteiger partial charge is 0.497 e. The summed E-state index contributed by atoms with van der Waals surface area (Å²) in [5.41, 5.74) is 2.04. The van der Waals surface area contributed by atoms with E-state index in [9.17, 15) is 8.42 Å². The van der Waals surface area contributed by atoms with Crippen molar-refractivity contribution < 1.29 is 13.2 Å². The Morgan fingerprint density at radius 1 is 1.07 bits per heavy atom. The van der Waals surface area contributed by atoms with Crippen molar-refractivity contribution in [1.29, 1.82) is 0 Å². The summed E-state index contributed by atoms with van der Waals surface area (Å²) in [7, 11) is 1.47. The second-order valence-electron chi connectivity index (χ2n) is 6.89. The van der Waals surface area contributed by atoms with Gasteiger partial charge in [-0.05, 0) is 49.2 Å². The van der Waals surface area contributed by atoms with E-state index in [4.69, 9.17) is 4.74 Å². The van der Waals surface area contributed by atoms with Gasteiger partial charge in [0.1, 0.15) is 5.75 Å². The van der Waals surface area contributed by atoms with Crippen LogP contribution in [0.4, 0.5) is 0 Å². The van der Waals surface area contributed by atoms with Crippen LogP contribution in [0.15, 0.2) is 58.4 Å². The third-order valence-corrected chi connectivity index (χ3v) is 6.65.